The topological polar surface area (TPSA) is 101 Å². The van der Waals surface area contributed by atoms with Gasteiger partial charge >= 0.3 is 5.97 Å². The van der Waals surface area contributed by atoms with E-state index in [1.54, 1.807) is 15.8 Å². The first-order chi connectivity index (χ1) is 11.6. The van der Waals surface area contributed by atoms with E-state index in [-0.39, 0.29) is 23.6 Å². The molecule has 1 amide bonds. The van der Waals surface area contributed by atoms with Crippen LogP contribution >= 0.6 is 0 Å². The third-order valence-corrected chi connectivity index (χ3v) is 5.30. The number of piperidine rings is 1. The van der Waals surface area contributed by atoms with E-state index in [1.165, 1.54) is 6.20 Å². The number of carboxylic acids is 1. The van der Waals surface area contributed by atoms with Crippen LogP contribution < -0.4 is 4.90 Å². The number of nitrogens with zero attached hydrogens (tertiary/aromatic N) is 5. The molecule has 1 saturated carbocycles. The molecule has 24 heavy (non-hydrogen) atoms. The molecule has 0 bridgehead atoms. The highest BCUT2D eigenvalue weighted by Gasteiger charge is 2.52. The van der Waals surface area contributed by atoms with Crippen LogP contribution in [0, 0.1) is 11.8 Å². The number of hydrogen-bond donors (Lipinski definition) is 1. The Morgan fingerprint density at radius 3 is 2.96 bits per heavy atom. The van der Waals surface area contributed by atoms with Crippen molar-refractivity contribution in [3.8, 4) is 0 Å². The summed E-state index contributed by atoms with van der Waals surface area (Å²) in [7, 11) is 0. The van der Waals surface area contributed by atoms with Gasteiger partial charge < -0.3 is 5.11 Å². The van der Waals surface area contributed by atoms with Gasteiger partial charge in [0.05, 0.1) is 12.2 Å². The van der Waals surface area contributed by atoms with Crippen molar-refractivity contribution in [3.05, 3.63) is 35.3 Å². The average molecular weight is 325 g/mol. The molecular formula is C16H15N5O3. The lowest BCUT2D eigenvalue weighted by atomic mass is 10.1. The van der Waals surface area contributed by atoms with E-state index in [2.05, 4.69) is 15.3 Å². The summed E-state index contributed by atoms with van der Waals surface area (Å²) in [6.07, 6.45) is 5.95. The molecule has 2 aliphatic carbocycles. The number of amides is 1. The highest BCUT2D eigenvalue weighted by molar-refractivity contribution is 5.99. The molecule has 1 unspecified atom stereocenters. The zero-order valence-electron chi connectivity index (χ0n) is 12.8. The van der Waals surface area contributed by atoms with Crippen molar-refractivity contribution in [3.63, 3.8) is 0 Å². The molecule has 1 N–H and O–H groups in total. The van der Waals surface area contributed by atoms with Crippen molar-refractivity contribution in [2.75, 3.05) is 11.4 Å². The summed E-state index contributed by atoms with van der Waals surface area (Å²) in [6, 6.07) is 1.94. The van der Waals surface area contributed by atoms with Gasteiger partial charge in [0.15, 0.2) is 5.69 Å². The Kier molecular flexibility index (Phi) is 2.63. The predicted octanol–water partition coefficient (Wildman–Crippen LogP) is 0.890. The summed E-state index contributed by atoms with van der Waals surface area (Å²) in [6.45, 7) is 0.782. The maximum atomic E-state index is 12.2. The van der Waals surface area contributed by atoms with Crippen LogP contribution in [0.3, 0.4) is 0 Å². The van der Waals surface area contributed by atoms with Crippen molar-refractivity contribution >= 4 is 17.7 Å². The zero-order chi connectivity index (χ0) is 16.4. The summed E-state index contributed by atoms with van der Waals surface area (Å²) in [5.41, 5.74) is 2.11. The average Bonchev–Trinajstić information content (AvgIpc) is 2.91. The highest BCUT2D eigenvalue weighted by Crippen LogP contribution is 2.47. The Hall–Kier alpha value is -2.77. The second kappa shape index (κ2) is 4.62. The number of aryl methyl sites for hydroxylation is 1. The molecule has 8 heteroatoms. The number of pyridine rings is 1. The van der Waals surface area contributed by atoms with Gasteiger partial charge in [-0.05, 0) is 42.4 Å². The Morgan fingerprint density at radius 1 is 1.38 bits per heavy atom. The quantitative estimate of drug-likeness (QED) is 0.899. The van der Waals surface area contributed by atoms with Crippen LogP contribution in [-0.4, -0.2) is 43.5 Å². The van der Waals surface area contributed by atoms with Gasteiger partial charge in [0.1, 0.15) is 5.82 Å². The van der Waals surface area contributed by atoms with Gasteiger partial charge in [0.2, 0.25) is 5.91 Å². The Morgan fingerprint density at radius 2 is 2.25 bits per heavy atom. The van der Waals surface area contributed by atoms with Crippen molar-refractivity contribution in [2.45, 2.75) is 25.3 Å². The smallest absolute Gasteiger partial charge is 0.358 e. The number of rotatable bonds is 3. The van der Waals surface area contributed by atoms with Crippen LogP contribution in [0.25, 0.3) is 0 Å². The molecular weight excluding hydrogens is 310 g/mol. The summed E-state index contributed by atoms with van der Waals surface area (Å²) < 4.78 is 1.59. The molecule has 1 aliphatic heterocycles. The first kappa shape index (κ1) is 13.6. The number of aromatic carboxylic acids is 1. The fourth-order valence-electron chi connectivity index (χ4n) is 3.89. The van der Waals surface area contributed by atoms with E-state index in [1.807, 2.05) is 6.07 Å². The minimum Gasteiger partial charge on any atom is -0.476 e. The Labute approximate surface area is 137 Å². The van der Waals surface area contributed by atoms with Crippen molar-refractivity contribution in [1.29, 1.82) is 0 Å². The summed E-state index contributed by atoms with van der Waals surface area (Å²) >= 11 is 0. The van der Waals surface area contributed by atoms with Crippen LogP contribution in [0.4, 0.5) is 5.82 Å². The third kappa shape index (κ3) is 1.88. The predicted molar refractivity (Wildman–Crippen MR) is 81.6 cm³/mol. The normalized spacial score (nSPS) is 27.2. The number of carbonyl (C=O) groups excluding carboxylic acids is 1. The Balaban J connectivity index is 1.44. The summed E-state index contributed by atoms with van der Waals surface area (Å²) in [5, 5.41) is 16.6. The fraction of sp³-hybridized carbons (Fsp3) is 0.438. The summed E-state index contributed by atoms with van der Waals surface area (Å²) in [4.78, 5) is 29.4. The number of fused-ring (bicyclic) bond motifs is 2. The van der Waals surface area contributed by atoms with Gasteiger partial charge in [-0.3, -0.25) is 9.69 Å². The number of hydrogen-bond acceptors (Lipinski definition) is 5. The molecule has 0 spiro atoms. The van der Waals surface area contributed by atoms with Crippen LogP contribution in [-0.2, 0) is 11.2 Å². The second-order valence-electron chi connectivity index (χ2n) is 6.74. The van der Waals surface area contributed by atoms with E-state index in [9.17, 15) is 9.59 Å². The van der Waals surface area contributed by atoms with Gasteiger partial charge in [-0.15, -0.1) is 5.10 Å². The van der Waals surface area contributed by atoms with E-state index >= 15 is 0 Å². The molecule has 2 aromatic rings. The molecule has 3 heterocycles. The van der Waals surface area contributed by atoms with Crippen LogP contribution in [0.5, 0.6) is 0 Å². The number of carboxylic acid groups (broad SMARTS) is 1. The van der Waals surface area contributed by atoms with Gasteiger partial charge in [-0.1, -0.05) is 5.21 Å². The van der Waals surface area contributed by atoms with Crippen LogP contribution in [0.2, 0.25) is 0 Å². The third-order valence-electron chi connectivity index (χ3n) is 5.30. The first-order valence-electron chi connectivity index (χ1n) is 8.07. The Bertz CT molecular complexity index is 876. The van der Waals surface area contributed by atoms with Crippen molar-refractivity contribution < 1.29 is 14.7 Å². The van der Waals surface area contributed by atoms with Crippen LogP contribution in [0.1, 0.15) is 40.5 Å². The second-order valence-corrected chi connectivity index (χ2v) is 6.74. The molecule has 1 saturated heterocycles. The van der Waals surface area contributed by atoms with Gasteiger partial charge in [0, 0.05) is 18.7 Å². The van der Waals surface area contributed by atoms with Crippen molar-refractivity contribution in [2.24, 2.45) is 11.8 Å². The maximum Gasteiger partial charge on any atom is 0.358 e. The van der Waals surface area contributed by atoms with Gasteiger partial charge in [-0.25, -0.2) is 14.5 Å². The lowest BCUT2D eigenvalue weighted by Crippen LogP contribution is -2.28. The minimum atomic E-state index is -1.08. The summed E-state index contributed by atoms with van der Waals surface area (Å²) in [5.74, 6) is 0.585. The fourth-order valence-corrected chi connectivity index (χ4v) is 3.89. The molecule has 2 aromatic heterocycles. The maximum absolute atomic E-state index is 12.2. The number of carbonyl (C=O) groups is 2. The standard InChI is InChI=1S/C16H15N5O3/c22-15-10-3-9(10)6-20(15)14-4-8-1-2-13(11(8)5-17-14)21-7-12(16(23)24)18-19-21/h4-5,7,9-10,13H,1-3,6H2,(H,23,24)/t9-,10-,13?/m1/s1. The molecule has 2 fully saturated rings. The first-order valence-corrected chi connectivity index (χ1v) is 8.07. The number of anilines is 1. The molecule has 8 nitrogen and oxygen atoms in total. The van der Waals surface area contributed by atoms with Crippen molar-refractivity contribution in [1.82, 2.24) is 20.0 Å². The lowest BCUT2D eigenvalue weighted by Gasteiger charge is -2.18. The molecule has 5 rings (SSSR count). The molecule has 0 radical (unpaired) electrons. The van der Waals surface area contributed by atoms with Gasteiger partial charge in [0.25, 0.3) is 0 Å². The minimum absolute atomic E-state index is 0.0511. The zero-order valence-corrected chi connectivity index (χ0v) is 12.8. The lowest BCUT2D eigenvalue weighted by molar-refractivity contribution is -0.118. The van der Waals surface area contributed by atoms with E-state index in [0.717, 1.165) is 42.8 Å². The molecule has 3 atom stereocenters. The highest BCUT2D eigenvalue weighted by atomic mass is 16.4. The van der Waals surface area contributed by atoms with E-state index in [0.29, 0.717) is 5.92 Å². The monoisotopic (exact) mass is 325 g/mol. The van der Waals surface area contributed by atoms with E-state index < -0.39 is 5.97 Å². The SMILES string of the molecule is O=C(O)c1cn(C2CCc3cc(N4C[C@H]5C[C@H]5C4=O)ncc32)nn1. The van der Waals surface area contributed by atoms with Crippen LogP contribution in [0.15, 0.2) is 18.5 Å². The van der Waals surface area contributed by atoms with Gasteiger partial charge in [-0.2, -0.15) is 0 Å². The molecule has 0 aromatic carbocycles. The largest absolute Gasteiger partial charge is 0.476 e. The number of aromatic nitrogens is 4. The molecule has 3 aliphatic rings. The molecule has 122 valence electrons. The van der Waals surface area contributed by atoms with E-state index in [4.69, 9.17) is 5.11 Å².